The fourth-order valence-electron chi connectivity index (χ4n) is 1.43. The van der Waals surface area contributed by atoms with Crippen LogP contribution >= 0.6 is 0 Å². The molecule has 0 spiro atoms. The predicted octanol–water partition coefficient (Wildman–Crippen LogP) is 1.98. The number of rotatable bonds is 7. The van der Waals surface area contributed by atoms with Crippen LogP contribution in [-0.2, 0) is 14.2 Å². The highest BCUT2D eigenvalue weighted by molar-refractivity contribution is 4.83. The summed E-state index contributed by atoms with van der Waals surface area (Å²) in [4.78, 5) is 0. The maximum Gasteiger partial charge on any atom is 0.118 e. The van der Waals surface area contributed by atoms with E-state index in [4.69, 9.17) is 14.2 Å². The summed E-state index contributed by atoms with van der Waals surface area (Å²) < 4.78 is 15.9. The molecule has 1 unspecified atom stereocenters. The molecule has 3 nitrogen and oxygen atoms in total. The molecule has 1 rings (SSSR count). The lowest BCUT2D eigenvalue weighted by molar-refractivity contribution is -0.154. The molecule has 0 bridgehead atoms. The molecule has 0 amide bonds. The van der Waals surface area contributed by atoms with Gasteiger partial charge in [-0.05, 0) is 13.3 Å². The molecule has 0 aliphatic carbocycles. The fourth-order valence-corrected chi connectivity index (χ4v) is 1.43. The van der Waals surface area contributed by atoms with Gasteiger partial charge in [0.2, 0.25) is 0 Å². The van der Waals surface area contributed by atoms with Crippen molar-refractivity contribution in [3.8, 4) is 0 Å². The normalized spacial score (nSPS) is 21.0. The van der Waals surface area contributed by atoms with Gasteiger partial charge in [-0.25, -0.2) is 0 Å². The van der Waals surface area contributed by atoms with E-state index in [0.29, 0.717) is 6.61 Å². The molecule has 0 aromatic carbocycles. The Labute approximate surface area is 86.0 Å². The zero-order valence-corrected chi connectivity index (χ0v) is 9.12. The van der Waals surface area contributed by atoms with E-state index < -0.39 is 0 Å². The standard InChI is InChI=1S/C11H20O3/c1-4-11(8-13-9-11)7-12-6-10(3)14-5-2/h5,10H,2,4,6-9H2,1,3H3. The van der Waals surface area contributed by atoms with Crippen molar-refractivity contribution < 1.29 is 14.2 Å². The highest BCUT2D eigenvalue weighted by Gasteiger charge is 2.37. The third-order valence-corrected chi connectivity index (χ3v) is 2.66. The molecule has 1 saturated heterocycles. The molecule has 0 N–H and O–H groups in total. The second-order valence-electron chi connectivity index (χ2n) is 3.97. The van der Waals surface area contributed by atoms with Crippen molar-refractivity contribution in [2.24, 2.45) is 5.41 Å². The van der Waals surface area contributed by atoms with E-state index in [1.165, 1.54) is 6.26 Å². The molecule has 0 saturated carbocycles. The first-order chi connectivity index (χ1) is 6.72. The summed E-state index contributed by atoms with van der Waals surface area (Å²) in [5, 5.41) is 0. The van der Waals surface area contributed by atoms with Crippen molar-refractivity contribution in [3.63, 3.8) is 0 Å². The van der Waals surface area contributed by atoms with Crippen LogP contribution in [0.15, 0.2) is 12.8 Å². The first kappa shape index (κ1) is 11.5. The average molecular weight is 200 g/mol. The molecule has 1 fully saturated rings. The van der Waals surface area contributed by atoms with Crippen molar-refractivity contribution in [2.75, 3.05) is 26.4 Å². The zero-order valence-electron chi connectivity index (χ0n) is 9.12. The van der Waals surface area contributed by atoms with Crippen LogP contribution in [0, 0.1) is 5.41 Å². The third kappa shape index (κ3) is 3.00. The van der Waals surface area contributed by atoms with Gasteiger partial charge in [-0.1, -0.05) is 13.5 Å². The maximum atomic E-state index is 5.59. The Bertz CT molecular complexity index is 170. The Hall–Kier alpha value is -0.540. The summed E-state index contributed by atoms with van der Waals surface area (Å²) in [7, 11) is 0. The molecule has 0 aromatic heterocycles. The van der Waals surface area contributed by atoms with E-state index in [0.717, 1.165) is 26.2 Å². The fraction of sp³-hybridized carbons (Fsp3) is 0.818. The molecule has 1 aliphatic rings. The smallest absolute Gasteiger partial charge is 0.118 e. The van der Waals surface area contributed by atoms with Gasteiger partial charge in [-0.2, -0.15) is 0 Å². The lowest BCUT2D eigenvalue weighted by Gasteiger charge is -2.40. The van der Waals surface area contributed by atoms with Crippen LogP contribution in [0.2, 0.25) is 0 Å². The summed E-state index contributed by atoms with van der Waals surface area (Å²) in [6.45, 7) is 10.7. The summed E-state index contributed by atoms with van der Waals surface area (Å²) in [6, 6.07) is 0. The Morgan fingerprint density at radius 2 is 2.29 bits per heavy atom. The zero-order chi connectivity index (χ0) is 10.4. The molecule has 0 aromatic rings. The lowest BCUT2D eigenvalue weighted by atomic mass is 9.84. The van der Waals surface area contributed by atoms with Crippen LogP contribution in [-0.4, -0.2) is 32.5 Å². The van der Waals surface area contributed by atoms with Crippen molar-refractivity contribution >= 4 is 0 Å². The molecule has 14 heavy (non-hydrogen) atoms. The molecule has 0 radical (unpaired) electrons. The molecule has 1 atom stereocenters. The topological polar surface area (TPSA) is 27.7 Å². The number of hydrogen-bond donors (Lipinski definition) is 0. The molecule has 1 heterocycles. The summed E-state index contributed by atoms with van der Waals surface area (Å²) in [6.07, 6.45) is 2.65. The van der Waals surface area contributed by atoms with Crippen molar-refractivity contribution in [1.82, 2.24) is 0 Å². The Kier molecular flexibility index (Phi) is 4.42. The minimum atomic E-state index is 0.0856. The van der Waals surface area contributed by atoms with E-state index in [9.17, 15) is 0 Å². The second kappa shape index (κ2) is 5.37. The third-order valence-electron chi connectivity index (χ3n) is 2.66. The second-order valence-corrected chi connectivity index (χ2v) is 3.97. The van der Waals surface area contributed by atoms with Gasteiger partial charge < -0.3 is 14.2 Å². The van der Waals surface area contributed by atoms with Gasteiger partial charge >= 0.3 is 0 Å². The van der Waals surface area contributed by atoms with Crippen LogP contribution < -0.4 is 0 Å². The van der Waals surface area contributed by atoms with Gasteiger partial charge in [0.25, 0.3) is 0 Å². The SMILES string of the molecule is C=COC(C)COCC1(CC)COC1. The molecule has 3 heteroatoms. The molecular weight excluding hydrogens is 180 g/mol. The average Bonchev–Trinajstić information content (AvgIpc) is 2.10. The molecular formula is C11H20O3. The number of hydrogen-bond acceptors (Lipinski definition) is 3. The minimum absolute atomic E-state index is 0.0856. The van der Waals surface area contributed by atoms with E-state index >= 15 is 0 Å². The van der Waals surface area contributed by atoms with Crippen molar-refractivity contribution in [2.45, 2.75) is 26.4 Å². The first-order valence-electron chi connectivity index (χ1n) is 5.14. The van der Waals surface area contributed by atoms with Crippen LogP contribution in [0.25, 0.3) is 0 Å². The highest BCUT2D eigenvalue weighted by atomic mass is 16.5. The van der Waals surface area contributed by atoms with Crippen LogP contribution in [0.5, 0.6) is 0 Å². The van der Waals surface area contributed by atoms with Gasteiger partial charge in [-0.3, -0.25) is 0 Å². The van der Waals surface area contributed by atoms with Crippen LogP contribution in [0.1, 0.15) is 20.3 Å². The Balaban J connectivity index is 2.10. The lowest BCUT2D eigenvalue weighted by Crippen LogP contribution is -2.46. The predicted molar refractivity (Wildman–Crippen MR) is 55.1 cm³/mol. The van der Waals surface area contributed by atoms with Gasteiger partial charge in [0, 0.05) is 5.41 Å². The van der Waals surface area contributed by atoms with Gasteiger partial charge in [0.15, 0.2) is 0 Å². The van der Waals surface area contributed by atoms with E-state index in [1.807, 2.05) is 6.92 Å². The van der Waals surface area contributed by atoms with Crippen LogP contribution in [0.3, 0.4) is 0 Å². The van der Waals surface area contributed by atoms with Gasteiger partial charge in [0.05, 0.1) is 32.7 Å². The van der Waals surface area contributed by atoms with Gasteiger partial charge in [-0.15, -0.1) is 0 Å². The minimum Gasteiger partial charge on any atom is -0.497 e. The Morgan fingerprint density at radius 1 is 1.57 bits per heavy atom. The first-order valence-corrected chi connectivity index (χ1v) is 5.14. The monoisotopic (exact) mass is 200 g/mol. The molecule has 1 aliphatic heterocycles. The maximum absolute atomic E-state index is 5.59. The van der Waals surface area contributed by atoms with Crippen molar-refractivity contribution in [1.29, 1.82) is 0 Å². The Morgan fingerprint density at radius 3 is 2.71 bits per heavy atom. The summed E-state index contributed by atoms with van der Waals surface area (Å²) in [5.74, 6) is 0. The van der Waals surface area contributed by atoms with Crippen LogP contribution in [0.4, 0.5) is 0 Å². The van der Waals surface area contributed by atoms with Crippen molar-refractivity contribution in [3.05, 3.63) is 12.8 Å². The molecule has 82 valence electrons. The van der Waals surface area contributed by atoms with E-state index in [2.05, 4.69) is 13.5 Å². The summed E-state index contributed by atoms with van der Waals surface area (Å²) in [5.41, 5.74) is 0.272. The van der Waals surface area contributed by atoms with Gasteiger partial charge in [0.1, 0.15) is 6.10 Å². The quantitative estimate of drug-likeness (QED) is 0.588. The van der Waals surface area contributed by atoms with E-state index in [1.54, 1.807) is 0 Å². The summed E-state index contributed by atoms with van der Waals surface area (Å²) >= 11 is 0. The number of ether oxygens (including phenoxy) is 3. The van der Waals surface area contributed by atoms with E-state index in [-0.39, 0.29) is 11.5 Å². The highest BCUT2D eigenvalue weighted by Crippen LogP contribution is 2.31. The largest absolute Gasteiger partial charge is 0.497 e.